The molecule has 2 aromatic carbocycles. The van der Waals surface area contributed by atoms with E-state index in [4.69, 9.17) is 11.6 Å². The summed E-state index contributed by atoms with van der Waals surface area (Å²) in [4.78, 5) is 5.84. The number of aromatic nitrogens is 1. The molecule has 0 unspecified atom stereocenters. The van der Waals surface area contributed by atoms with Crippen LogP contribution in [0.3, 0.4) is 0 Å². The van der Waals surface area contributed by atoms with Gasteiger partial charge in [-0.15, -0.1) is 0 Å². The van der Waals surface area contributed by atoms with Gasteiger partial charge in [0.15, 0.2) is 0 Å². The molecule has 0 atom stereocenters. The summed E-state index contributed by atoms with van der Waals surface area (Å²) in [5.41, 5.74) is 1.13. The van der Waals surface area contributed by atoms with E-state index in [2.05, 4.69) is 23.2 Å². The molecule has 0 saturated carbocycles. The van der Waals surface area contributed by atoms with Gasteiger partial charge < -0.3 is 0 Å². The first-order valence-corrected chi connectivity index (χ1v) is 8.01. The number of rotatable bonds is 2. The van der Waals surface area contributed by atoms with Crippen molar-refractivity contribution in [3.8, 4) is 0 Å². The van der Waals surface area contributed by atoms with Gasteiger partial charge >= 0.3 is 115 Å². The molecule has 0 fully saturated rings. The van der Waals surface area contributed by atoms with Crippen molar-refractivity contribution in [2.45, 2.75) is 8.80 Å². The van der Waals surface area contributed by atoms with Gasteiger partial charge in [-0.1, -0.05) is 0 Å². The van der Waals surface area contributed by atoms with Gasteiger partial charge in [-0.05, 0) is 0 Å². The number of halogens is 1. The molecular weight excluding hydrogens is 317 g/mol. The number of benzene rings is 2. The zero-order valence-electron chi connectivity index (χ0n) is 8.76. The Morgan fingerprint density at radius 3 is 2.53 bits per heavy atom. The van der Waals surface area contributed by atoms with Crippen LogP contribution in [0.15, 0.2) is 57.3 Å². The van der Waals surface area contributed by atoms with Crippen molar-refractivity contribution in [1.82, 2.24) is 4.98 Å². The second kappa shape index (κ2) is 4.87. The van der Waals surface area contributed by atoms with Crippen LogP contribution in [0.4, 0.5) is 0 Å². The van der Waals surface area contributed by atoms with Crippen molar-refractivity contribution < 1.29 is 0 Å². The molecule has 0 radical (unpaired) electrons. The van der Waals surface area contributed by atoms with Crippen molar-refractivity contribution in [3.05, 3.63) is 53.6 Å². The predicted molar refractivity (Wildman–Crippen MR) is 74.3 cm³/mol. The van der Waals surface area contributed by atoms with Crippen LogP contribution in [0, 0.1) is 0 Å². The second-order valence-corrected chi connectivity index (χ2v) is 7.75. The van der Waals surface area contributed by atoms with Crippen LogP contribution in [0.1, 0.15) is 0 Å². The zero-order chi connectivity index (χ0) is 11.7. The molecule has 0 saturated heterocycles. The Labute approximate surface area is 115 Å². The second-order valence-electron chi connectivity index (χ2n) is 3.50. The van der Waals surface area contributed by atoms with Gasteiger partial charge in [-0.2, -0.15) is 0 Å². The van der Waals surface area contributed by atoms with Crippen LogP contribution in [0.2, 0.25) is 5.02 Å². The maximum atomic E-state index is 5.87. The van der Waals surface area contributed by atoms with Gasteiger partial charge in [0.05, 0.1) is 0 Å². The molecule has 0 bridgehead atoms. The minimum absolute atomic E-state index is 0.348. The molecule has 1 nitrogen and oxygen atoms in total. The van der Waals surface area contributed by atoms with E-state index in [1.54, 1.807) is 11.8 Å². The summed E-state index contributed by atoms with van der Waals surface area (Å²) < 4.78 is 2.58. The van der Waals surface area contributed by atoms with E-state index in [9.17, 15) is 0 Å². The van der Waals surface area contributed by atoms with Gasteiger partial charge in [0.2, 0.25) is 0 Å². The fraction of sp³-hybridized carbons (Fsp3) is 0. The summed E-state index contributed by atoms with van der Waals surface area (Å²) in [6, 6.07) is 16.3. The standard InChI is InChI=1S/C13H8ClNSSe/c14-9-5-7-10(8-6-9)16-13-15-11-3-1-2-4-12(11)17-13/h1-8H. The third kappa shape index (κ3) is 2.58. The van der Waals surface area contributed by atoms with E-state index in [0.717, 1.165) is 10.5 Å². The molecular formula is C13H8ClNSSe. The number of hydrogen-bond acceptors (Lipinski definition) is 2. The fourth-order valence-corrected chi connectivity index (χ4v) is 5.08. The molecule has 0 aliphatic heterocycles. The minimum atomic E-state index is 0.348. The average Bonchev–Trinajstić information content (AvgIpc) is 2.74. The number of fused-ring (bicyclic) bond motifs is 1. The zero-order valence-corrected chi connectivity index (χ0v) is 12.0. The van der Waals surface area contributed by atoms with Crippen LogP contribution < -0.4 is 0 Å². The quantitative estimate of drug-likeness (QED) is 0.658. The Kier molecular flexibility index (Phi) is 3.26. The molecule has 3 aromatic rings. The van der Waals surface area contributed by atoms with Crippen LogP contribution in [0.5, 0.6) is 0 Å². The Hall–Kier alpha value is -0.731. The Morgan fingerprint density at radius 1 is 1.00 bits per heavy atom. The van der Waals surface area contributed by atoms with Crippen molar-refractivity contribution in [3.63, 3.8) is 0 Å². The van der Waals surface area contributed by atoms with Crippen LogP contribution in [-0.4, -0.2) is 19.5 Å². The van der Waals surface area contributed by atoms with Gasteiger partial charge in [0.25, 0.3) is 0 Å². The van der Waals surface area contributed by atoms with Gasteiger partial charge in [0.1, 0.15) is 0 Å². The van der Waals surface area contributed by atoms with Gasteiger partial charge in [-0.3, -0.25) is 0 Å². The number of hydrogen-bond donors (Lipinski definition) is 0. The predicted octanol–water partition coefficient (Wildman–Crippen LogP) is 4.10. The normalized spacial score (nSPS) is 10.9. The summed E-state index contributed by atoms with van der Waals surface area (Å²) in [5, 5.41) is 0.775. The molecule has 0 spiro atoms. The first-order chi connectivity index (χ1) is 8.31. The van der Waals surface area contributed by atoms with Crippen LogP contribution in [-0.2, 0) is 0 Å². The number of para-hydroxylation sites is 1. The Bertz CT molecular complexity index is 615. The molecule has 1 aromatic heterocycles. The molecule has 0 N–H and O–H groups in total. The fourth-order valence-electron chi connectivity index (χ4n) is 1.50. The molecule has 0 aliphatic rings. The topological polar surface area (TPSA) is 12.9 Å². The van der Waals surface area contributed by atoms with Crippen molar-refractivity contribution in [2.75, 3.05) is 0 Å². The average molecular weight is 325 g/mol. The summed E-state index contributed by atoms with van der Waals surface area (Å²) in [7, 11) is 0. The third-order valence-corrected chi connectivity index (χ3v) is 6.02. The Morgan fingerprint density at radius 2 is 1.76 bits per heavy atom. The monoisotopic (exact) mass is 325 g/mol. The third-order valence-electron chi connectivity index (χ3n) is 2.29. The molecule has 4 heteroatoms. The van der Waals surface area contributed by atoms with Crippen LogP contribution >= 0.6 is 23.4 Å². The summed E-state index contributed by atoms with van der Waals surface area (Å²) in [6.45, 7) is 0. The Balaban J connectivity index is 1.92. The summed E-state index contributed by atoms with van der Waals surface area (Å²) in [5.74, 6) is 0. The maximum absolute atomic E-state index is 5.87. The van der Waals surface area contributed by atoms with Gasteiger partial charge in [0, 0.05) is 0 Å². The first kappa shape index (κ1) is 11.4. The first-order valence-electron chi connectivity index (χ1n) is 5.10. The van der Waals surface area contributed by atoms with E-state index in [1.165, 1.54) is 13.1 Å². The van der Waals surface area contributed by atoms with Crippen LogP contribution in [0.25, 0.3) is 9.78 Å². The van der Waals surface area contributed by atoms with Gasteiger partial charge in [-0.25, -0.2) is 0 Å². The number of nitrogens with zero attached hydrogens (tertiary/aromatic N) is 1. The molecule has 3 rings (SSSR count). The van der Waals surface area contributed by atoms with E-state index in [0.29, 0.717) is 14.5 Å². The summed E-state index contributed by atoms with van der Waals surface area (Å²) >= 11 is 7.95. The van der Waals surface area contributed by atoms with Crippen molar-refractivity contribution in [1.29, 1.82) is 0 Å². The van der Waals surface area contributed by atoms with Crippen molar-refractivity contribution >= 4 is 47.6 Å². The summed E-state index contributed by atoms with van der Waals surface area (Å²) in [6.07, 6.45) is 0. The van der Waals surface area contributed by atoms with E-state index < -0.39 is 0 Å². The molecule has 0 amide bonds. The molecule has 84 valence electrons. The molecule has 17 heavy (non-hydrogen) atoms. The SMILES string of the molecule is Clc1ccc(Sc2nc3ccccc3[se]2)cc1. The van der Waals surface area contributed by atoms with E-state index in [-0.39, 0.29) is 0 Å². The molecule has 0 aliphatic carbocycles. The molecule has 1 heterocycles. The van der Waals surface area contributed by atoms with E-state index >= 15 is 0 Å². The van der Waals surface area contributed by atoms with E-state index in [1.807, 2.05) is 30.3 Å². The van der Waals surface area contributed by atoms with Crippen molar-refractivity contribution in [2.24, 2.45) is 0 Å².